The number of Topliss-reactive ketones (excluding diaryl/α,β-unsaturated/α-hetero) is 2. The van der Waals surface area contributed by atoms with Gasteiger partial charge in [0.05, 0.1) is 0 Å². The van der Waals surface area contributed by atoms with E-state index in [2.05, 4.69) is 4.98 Å². The fourth-order valence-electron chi connectivity index (χ4n) is 1.39. The highest BCUT2D eigenvalue weighted by Crippen LogP contribution is 2.11. The van der Waals surface area contributed by atoms with E-state index < -0.39 is 0 Å². The summed E-state index contributed by atoms with van der Waals surface area (Å²) in [5, 5.41) is 0. The summed E-state index contributed by atoms with van der Waals surface area (Å²) in [5.74, 6) is -0.314. The zero-order valence-electron chi connectivity index (χ0n) is 9.28. The highest BCUT2D eigenvalue weighted by molar-refractivity contribution is 5.98. The Bertz CT molecular complexity index is 368. The molecule has 0 N–H and O–H groups in total. The van der Waals surface area contributed by atoms with E-state index in [4.69, 9.17) is 0 Å². The van der Waals surface area contributed by atoms with Crippen molar-refractivity contribution in [3.05, 3.63) is 29.6 Å². The average Bonchev–Trinajstić information content (AvgIpc) is 2.17. The quantitative estimate of drug-likeness (QED) is 0.708. The van der Waals surface area contributed by atoms with Gasteiger partial charge in [-0.2, -0.15) is 0 Å². The molecule has 0 bridgehead atoms. The summed E-state index contributed by atoms with van der Waals surface area (Å²) in [6.07, 6.45) is 1.95. The number of nitrogens with zero attached hydrogens (tertiary/aromatic N) is 1. The predicted molar refractivity (Wildman–Crippen MR) is 57.8 cm³/mol. The number of carbonyl (C=O) groups is 2. The van der Waals surface area contributed by atoms with Crippen LogP contribution in [0, 0.1) is 12.8 Å². The minimum atomic E-state index is -0.280. The summed E-state index contributed by atoms with van der Waals surface area (Å²) in [6.45, 7) is 5.16. The number of rotatable bonds is 4. The lowest BCUT2D eigenvalue weighted by Gasteiger charge is -2.07. The van der Waals surface area contributed by atoms with Crippen molar-refractivity contribution in [3.8, 4) is 0 Å². The Balaban J connectivity index is 2.76. The van der Waals surface area contributed by atoms with Gasteiger partial charge in [-0.3, -0.25) is 9.78 Å². The van der Waals surface area contributed by atoms with Crippen LogP contribution in [0.4, 0.5) is 0 Å². The molecule has 1 aromatic rings. The molecule has 0 aliphatic heterocycles. The van der Waals surface area contributed by atoms with Crippen molar-refractivity contribution in [1.29, 1.82) is 0 Å². The predicted octanol–water partition coefficient (Wildman–Crippen LogP) is 2.19. The molecule has 0 saturated heterocycles. The minimum absolute atomic E-state index is 0.0305. The molecule has 3 heteroatoms. The van der Waals surface area contributed by atoms with Crippen LogP contribution < -0.4 is 0 Å². The van der Waals surface area contributed by atoms with Crippen LogP contribution in [0.2, 0.25) is 0 Å². The maximum absolute atomic E-state index is 11.8. The van der Waals surface area contributed by atoms with Crippen molar-refractivity contribution in [2.75, 3.05) is 0 Å². The zero-order valence-corrected chi connectivity index (χ0v) is 9.28. The van der Waals surface area contributed by atoms with Gasteiger partial charge in [-0.1, -0.05) is 13.0 Å². The van der Waals surface area contributed by atoms with Crippen molar-refractivity contribution in [2.45, 2.75) is 27.2 Å². The van der Waals surface area contributed by atoms with E-state index in [1.807, 2.05) is 13.0 Å². The van der Waals surface area contributed by atoms with Crippen LogP contribution in [0.15, 0.2) is 18.3 Å². The molecule has 0 amide bonds. The van der Waals surface area contributed by atoms with Crippen molar-refractivity contribution in [3.63, 3.8) is 0 Å². The van der Waals surface area contributed by atoms with Crippen molar-refractivity contribution in [1.82, 2.24) is 4.98 Å². The maximum atomic E-state index is 11.8. The third-order valence-corrected chi connectivity index (χ3v) is 2.21. The number of ketones is 2. The number of pyridine rings is 1. The highest BCUT2D eigenvalue weighted by atomic mass is 16.1. The number of hydrogen-bond acceptors (Lipinski definition) is 3. The van der Waals surface area contributed by atoms with Gasteiger partial charge in [0, 0.05) is 18.5 Å². The van der Waals surface area contributed by atoms with E-state index >= 15 is 0 Å². The molecule has 0 aliphatic carbocycles. The van der Waals surface area contributed by atoms with Crippen molar-refractivity contribution in [2.24, 2.45) is 5.92 Å². The summed E-state index contributed by atoms with van der Waals surface area (Å²) in [6, 6.07) is 3.55. The Kier molecular flexibility index (Phi) is 3.72. The lowest BCUT2D eigenvalue weighted by atomic mass is 9.98. The first-order valence-electron chi connectivity index (χ1n) is 4.97. The normalized spacial score (nSPS) is 12.2. The molecule has 1 heterocycles. The Labute approximate surface area is 89.5 Å². The smallest absolute Gasteiger partial charge is 0.184 e. The SMILES string of the molecule is CC(=O)CC(C)C(=O)c1ccc(C)cn1. The van der Waals surface area contributed by atoms with E-state index in [1.54, 1.807) is 19.2 Å². The van der Waals surface area contributed by atoms with Crippen LogP contribution in [-0.4, -0.2) is 16.6 Å². The second kappa shape index (κ2) is 4.82. The van der Waals surface area contributed by atoms with Gasteiger partial charge < -0.3 is 4.79 Å². The van der Waals surface area contributed by atoms with Gasteiger partial charge in [0.2, 0.25) is 0 Å². The van der Waals surface area contributed by atoms with E-state index in [9.17, 15) is 9.59 Å². The third-order valence-electron chi connectivity index (χ3n) is 2.21. The highest BCUT2D eigenvalue weighted by Gasteiger charge is 2.17. The molecular weight excluding hydrogens is 190 g/mol. The number of aryl methyl sites for hydroxylation is 1. The Morgan fingerprint density at radius 3 is 2.53 bits per heavy atom. The standard InChI is InChI=1S/C12H15NO2/c1-8-4-5-11(13-7-8)12(15)9(2)6-10(3)14/h4-5,7,9H,6H2,1-3H3. The molecule has 0 fully saturated rings. The Morgan fingerprint density at radius 2 is 2.07 bits per heavy atom. The second-order valence-corrected chi connectivity index (χ2v) is 3.89. The number of aromatic nitrogens is 1. The maximum Gasteiger partial charge on any atom is 0.184 e. The van der Waals surface area contributed by atoms with Crippen LogP contribution in [0.5, 0.6) is 0 Å². The topological polar surface area (TPSA) is 47.0 Å². The van der Waals surface area contributed by atoms with Gasteiger partial charge in [0.1, 0.15) is 11.5 Å². The number of carbonyl (C=O) groups excluding carboxylic acids is 2. The average molecular weight is 205 g/mol. The first kappa shape index (κ1) is 11.6. The lowest BCUT2D eigenvalue weighted by Crippen LogP contribution is -2.15. The van der Waals surface area contributed by atoms with Crippen LogP contribution in [-0.2, 0) is 4.79 Å². The Hall–Kier alpha value is -1.51. The third kappa shape index (κ3) is 3.27. The molecule has 80 valence electrons. The largest absolute Gasteiger partial charge is 0.300 e. The fraction of sp³-hybridized carbons (Fsp3) is 0.417. The molecule has 3 nitrogen and oxygen atoms in total. The van der Waals surface area contributed by atoms with E-state index in [1.165, 1.54) is 6.92 Å². The summed E-state index contributed by atoms with van der Waals surface area (Å²) < 4.78 is 0. The van der Waals surface area contributed by atoms with Gasteiger partial charge in [-0.15, -0.1) is 0 Å². The summed E-state index contributed by atoms with van der Waals surface area (Å²) >= 11 is 0. The van der Waals surface area contributed by atoms with E-state index in [-0.39, 0.29) is 23.9 Å². The molecule has 1 atom stereocenters. The van der Waals surface area contributed by atoms with E-state index in [0.29, 0.717) is 5.69 Å². The van der Waals surface area contributed by atoms with Gasteiger partial charge in [0.25, 0.3) is 0 Å². The molecule has 15 heavy (non-hydrogen) atoms. The summed E-state index contributed by atoms with van der Waals surface area (Å²) in [5.41, 5.74) is 1.46. The summed E-state index contributed by atoms with van der Waals surface area (Å²) in [7, 11) is 0. The molecule has 1 unspecified atom stereocenters. The lowest BCUT2D eigenvalue weighted by molar-refractivity contribution is -0.117. The summed E-state index contributed by atoms with van der Waals surface area (Å²) in [4.78, 5) is 26.7. The monoisotopic (exact) mass is 205 g/mol. The molecule has 0 aliphatic rings. The number of hydrogen-bond donors (Lipinski definition) is 0. The molecule has 0 radical (unpaired) electrons. The molecule has 0 saturated carbocycles. The van der Waals surface area contributed by atoms with Crippen molar-refractivity contribution < 1.29 is 9.59 Å². The van der Waals surface area contributed by atoms with Crippen LogP contribution in [0.1, 0.15) is 36.3 Å². The van der Waals surface area contributed by atoms with Gasteiger partial charge in [0.15, 0.2) is 5.78 Å². The minimum Gasteiger partial charge on any atom is -0.300 e. The molecule has 1 aromatic heterocycles. The fourth-order valence-corrected chi connectivity index (χ4v) is 1.39. The first-order valence-corrected chi connectivity index (χ1v) is 4.97. The van der Waals surface area contributed by atoms with Crippen LogP contribution in [0.3, 0.4) is 0 Å². The van der Waals surface area contributed by atoms with Crippen molar-refractivity contribution >= 4 is 11.6 Å². The molecule has 0 aromatic carbocycles. The molecule has 1 rings (SSSR count). The van der Waals surface area contributed by atoms with Gasteiger partial charge >= 0.3 is 0 Å². The van der Waals surface area contributed by atoms with Crippen LogP contribution >= 0.6 is 0 Å². The molecular formula is C12H15NO2. The molecule has 0 spiro atoms. The second-order valence-electron chi connectivity index (χ2n) is 3.89. The zero-order chi connectivity index (χ0) is 11.4. The van der Waals surface area contributed by atoms with Crippen LogP contribution in [0.25, 0.3) is 0 Å². The van der Waals surface area contributed by atoms with Gasteiger partial charge in [-0.05, 0) is 25.5 Å². The van der Waals surface area contributed by atoms with Gasteiger partial charge in [-0.25, -0.2) is 0 Å². The van der Waals surface area contributed by atoms with E-state index in [0.717, 1.165) is 5.56 Å². The Morgan fingerprint density at radius 1 is 1.40 bits per heavy atom. The first-order chi connectivity index (χ1) is 7.00.